The van der Waals surface area contributed by atoms with Crippen LogP contribution in [0.3, 0.4) is 0 Å². The Balaban J connectivity index is 0.000000396. The summed E-state index contributed by atoms with van der Waals surface area (Å²) in [6.45, 7) is 4.00. The first-order chi connectivity index (χ1) is 6.29. The molecule has 13 heavy (non-hydrogen) atoms. The fraction of sp³-hybridized carbons (Fsp3) is 0.300. The summed E-state index contributed by atoms with van der Waals surface area (Å²) in [6, 6.07) is 7.80. The van der Waals surface area contributed by atoms with Crippen molar-refractivity contribution in [2.75, 3.05) is 0 Å². The van der Waals surface area contributed by atoms with E-state index in [4.69, 9.17) is 0 Å². The third kappa shape index (κ3) is 1.93. The Bertz CT molecular complexity index is 441. The third-order valence-electron chi connectivity index (χ3n) is 1.64. The van der Waals surface area contributed by atoms with Gasteiger partial charge in [-0.05, 0) is 0 Å². The van der Waals surface area contributed by atoms with Crippen molar-refractivity contribution < 1.29 is 0 Å². The van der Waals surface area contributed by atoms with Gasteiger partial charge in [-0.15, -0.1) is 0 Å². The zero-order valence-corrected chi connectivity index (χ0v) is 9.79. The fourth-order valence-corrected chi connectivity index (χ4v) is 2.91. The Labute approximate surface area is 83.8 Å². The quantitative estimate of drug-likeness (QED) is 0.643. The van der Waals surface area contributed by atoms with Crippen LogP contribution >= 0.6 is 0 Å². The molecule has 3 heteroatoms. The predicted molar refractivity (Wildman–Crippen MR) is 57.5 cm³/mol. The van der Waals surface area contributed by atoms with Crippen molar-refractivity contribution in [3.05, 3.63) is 34.6 Å². The summed E-state index contributed by atoms with van der Waals surface area (Å²) in [4.78, 5) is 11.3. The number of rotatable bonds is 0. The van der Waals surface area contributed by atoms with E-state index >= 15 is 0 Å². The summed E-state index contributed by atoms with van der Waals surface area (Å²) >= 11 is 0.216. The molecule has 1 aromatic heterocycles. The molecule has 0 aliphatic carbocycles. The molecule has 0 N–H and O–H groups in total. The molecule has 2 aromatic rings. The third-order valence-corrected chi connectivity index (χ3v) is 3.72. The van der Waals surface area contributed by atoms with E-state index in [1.54, 1.807) is 3.56 Å². The summed E-state index contributed by atoms with van der Waals surface area (Å²) in [7, 11) is 1.85. The molecule has 0 unspecified atom stereocenters. The molecule has 0 aliphatic heterocycles. The van der Waals surface area contributed by atoms with Gasteiger partial charge in [-0.1, -0.05) is 13.8 Å². The first kappa shape index (κ1) is 10.3. The van der Waals surface area contributed by atoms with Crippen LogP contribution in [0.2, 0.25) is 0 Å². The molecule has 0 saturated carbocycles. The monoisotopic (exact) mass is 243 g/mol. The minimum absolute atomic E-state index is 0.167. The average molecular weight is 242 g/mol. The van der Waals surface area contributed by atoms with Gasteiger partial charge in [-0.25, -0.2) is 0 Å². The number of hydrogen-bond acceptors (Lipinski definition) is 1. The Morgan fingerprint density at radius 3 is 2.46 bits per heavy atom. The number of aromatic nitrogens is 1. The molecule has 0 aliphatic rings. The molecule has 0 spiro atoms. The molecule has 0 fully saturated rings. The fourth-order valence-electron chi connectivity index (χ4n) is 1.08. The Morgan fingerprint density at radius 1 is 1.23 bits per heavy atom. The van der Waals surface area contributed by atoms with Crippen molar-refractivity contribution in [3.63, 3.8) is 0 Å². The van der Waals surface area contributed by atoms with E-state index in [1.165, 1.54) is 4.26 Å². The van der Waals surface area contributed by atoms with E-state index in [1.807, 2.05) is 45.2 Å². The van der Waals surface area contributed by atoms with Gasteiger partial charge >= 0.3 is 69.6 Å². The second-order valence-electron chi connectivity index (χ2n) is 2.39. The van der Waals surface area contributed by atoms with Crippen LogP contribution in [-0.2, 0) is 7.05 Å². The first-order valence-electron chi connectivity index (χ1n) is 4.34. The molecule has 2 rings (SSSR count). The molecular formula is C10H13NOSe. The van der Waals surface area contributed by atoms with E-state index in [0.29, 0.717) is 0 Å². The number of hydrogen-bond donors (Lipinski definition) is 0. The summed E-state index contributed by atoms with van der Waals surface area (Å²) in [5, 5.41) is 0.884. The summed E-state index contributed by atoms with van der Waals surface area (Å²) in [6.07, 6.45) is 0. The molecule has 1 aromatic carbocycles. The Kier molecular flexibility index (Phi) is 3.52. The molecule has 0 radical (unpaired) electrons. The van der Waals surface area contributed by atoms with E-state index in [9.17, 15) is 4.79 Å². The molecule has 1 heterocycles. The van der Waals surface area contributed by atoms with E-state index in [-0.39, 0.29) is 20.3 Å². The number of benzene rings is 1. The van der Waals surface area contributed by atoms with Crippen LogP contribution in [0, 0.1) is 0 Å². The van der Waals surface area contributed by atoms with Gasteiger partial charge in [0.05, 0.1) is 0 Å². The van der Waals surface area contributed by atoms with Crippen LogP contribution in [0.25, 0.3) is 9.65 Å². The normalized spacial score (nSPS) is 9.46. The minimum atomic E-state index is 0.167. The number of aryl methyl sites for hydroxylation is 1. The van der Waals surface area contributed by atoms with Gasteiger partial charge in [0.1, 0.15) is 0 Å². The molecule has 0 bridgehead atoms. The van der Waals surface area contributed by atoms with Gasteiger partial charge in [0, 0.05) is 0 Å². The molecule has 0 saturated heterocycles. The van der Waals surface area contributed by atoms with Crippen molar-refractivity contribution in [2.45, 2.75) is 13.8 Å². The van der Waals surface area contributed by atoms with Gasteiger partial charge in [0.25, 0.3) is 0 Å². The zero-order chi connectivity index (χ0) is 9.84. The second kappa shape index (κ2) is 4.45. The van der Waals surface area contributed by atoms with E-state index in [2.05, 4.69) is 0 Å². The Hall–Kier alpha value is -0.791. The molecular weight excluding hydrogens is 229 g/mol. The number of nitrogens with zero attached hydrogens (tertiary/aromatic N) is 1. The molecule has 0 atom stereocenters. The van der Waals surface area contributed by atoms with Gasteiger partial charge in [0.15, 0.2) is 0 Å². The first-order valence-corrected chi connectivity index (χ1v) is 5.96. The van der Waals surface area contributed by atoms with Crippen LogP contribution < -0.4 is 5.56 Å². The second-order valence-corrected chi connectivity index (χ2v) is 4.85. The predicted octanol–water partition coefficient (Wildman–Crippen LogP) is 1.62. The summed E-state index contributed by atoms with van der Waals surface area (Å²) in [5.41, 5.74) is 0.167. The maximum atomic E-state index is 11.3. The standard InChI is InChI=1S/C8H7NOSe.C2H6/c1-9-8(10)6-4-2-3-5-7(6)11-9;1-2/h2-5H,1H3;1-2H3. The molecule has 2 nitrogen and oxygen atoms in total. The topological polar surface area (TPSA) is 22.0 Å². The summed E-state index contributed by atoms with van der Waals surface area (Å²) < 4.78 is 2.99. The van der Waals surface area contributed by atoms with Crippen molar-refractivity contribution in [3.8, 4) is 0 Å². The van der Waals surface area contributed by atoms with E-state index in [0.717, 1.165) is 5.39 Å². The maximum absolute atomic E-state index is 11.3. The zero-order valence-electron chi connectivity index (χ0n) is 8.07. The van der Waals surface area contributed by atoms with Crippen molar-refractivity contribution in [2.24, 2.45) is 7.05 Å². The van der Waals surface area contributed by atoms with Crippen molar-refractivity contribution in [1.82, 2.24) is 3.56 Å². The molecule has 70 valence electrons. The Morgan fingerprint density at radius 2 is 1.85 bits per heavy atom. The van der Waals surface area contributed by atoms with Gasteiger partial charge in [-0.2, -0.15) is 0 Å². The van der Waals surface area contributed by atoms with Gasteiger partial charge < -0.3 is 0 Å². The molecule has 0 amide bonds. The average Bonchev–Trinajstić information content (AvgIpc) is 2.47. The van der Waals surface area contributed by atoms with Crippen LogP contribution in [0.4, 0.5) is 0 Å². The van der Waals surface area contributed by atoms with Crippen LogP contribution in [0.1, 0.15) is 13.8 Å². The van der Waals surface area contributed by atoms with Crippen LogP contribution in [0.15, 0.2) is 29.1 Å². The number of fused-ring (bicyclic) bond motifs is 1. The van der Waals surface area contributed by atoms with Crippen molar-refractivity contribution in [1.29, 1.82) is 0 Å². The van der Waals surface area contributed by atoms with E-state index < -0.39 is 0 Å². The van der Waals surface area contributed by atoms with Crippen molar-refractivity contribution >= 4 is 24.4 Å². The van der Waals surface area contributed by atoms with Gasteiger partial charge in [0.2, 0.25) is 0 Å². The van der Waals surface area contributed by atoms with Crippen LogP contribution in [0.5, 0.6) is 0 Å². The summed E-state index contributed by atoms with van der Waals surface area (Å²) in [5.74, 6) is 0. The van der Waals surface area contributed by atoms with Crippen LogP contribution in [-0.4, -0.2) is 18.3 Å². The SMILES string of the molecule is CC.Cn1[se]c2ccccc2c1=O. The van der Waals surface area contributed by atoms with Gasteiger partial charge in [-0.3, -0.25) is 0 Å².